The molecule has 0 aromatic carbocycles. The van der Waals surface area contributed by atoms with Crippen LogP contribution in [0.5, 0.6) is 0 Å². The molecule has 0 heterocycles. The highest BCUT2D eigenvalue weighted by molar-refractivity contribution is 4.63. The van der Waals surface area contributed by atoms with Crippen LogP contribution in [-0.2, 0) is 9.68 Å². The van der Waals surface area contributed by atoms with Gasteiger partial charge >= 0.3 is 0 Å². The van der Waals surface area contributed by atoms with Crippen LogP contribution in [0.4, 0.5) is 0 Å². The lowest BCUT2D eigenvalue weighted by molar-refractivity contribution is -0.815. The van der Waals surface area contributed by atoms with Crippen molar-refractivity contribution in [1.29, 1.82) is 0 Å². The molecular weight excluding hydrogens is 212 g/mol. The summed E-state index contributed by atoms with van der Waals surface area (Å²) in [5.41, 5.74) is 0. The van der Waals surface area contributed by atoms with Crippen LogP contribution in [0.2, 0.25) is 0 Å². The second kappa shape index (κ2) is 5.96. The normalized spacial score (nSPS) is 14.0. The van der Waals surface area contributed by atoms with E-state index in [0.29, 0.717) is 12.8 Å². The van der Waals surface area contributed by atoms with Gasteiger partial charge in [0.2, 0.25) is 5.79 Å². The Kier molecular flexibility index (Phi) is 5.31. The van der Waals surface area contributed by atoms with Crippen LogP contribution in [-0.4, -0.2) is 27.7 Å². The van der Waals surface area contributed by atoms with Gasteiger partial charge in [0, 0.05) is 6.42 Å². The summed E-state index contributed by atoms with van der Waals surface area (Å²) in [6.45, 7) is 0.905. The van der Waals surface area contributed by atoms with Gasteiger partial charge in [0.1, 0.15) is 0 Å². The van der Waals surface area contributed by atoms with E-state index in [4.69, 9.17) is 0 Å². The fraction of sp³-hybridized carbons (Fsp3) is 1.00. The molecule has 0 spiro atoms. The van der Waals surface area contributed by atoms with E-state index in [-0.39, 0.29) is 6.42 Å². The third-order valence-corrected chi connectivity index (χ3v) is 1.56. The SMILES string of the molecule is CCCC[C@@](O)(CO[N+](=O)[O-])O[N+](=O)[O-]. The van der Waals surface area contributed by atoms with Crippen molar-refractivity contribution in [3.8, 4) is 0 Å². The highest BCUT2D eigenvalue weighted by atomic mass is 17.0. The fourth-order valence-corrected chi connectivity index (χ4v) is 0.889. The Bertz CT molecular complexity index is 234. The second-order valence-corrected chi connectivity index (χ2v) is 2.86. The molecule has 0 aliphatic rings. The summed E-state index contributed by atoms with van der Waals surface area (Å²) in [4.78, 5) is 27.7. The summed E-state index contributed by atoms with van der Waals surface area (Å²) in [7, 11) is 0. The van der Waals surface area contributed by atoms with Crippen molar-refractivity contribution in [2.24, 2.45) is 0 Å². The first-order chi connectivity index (χ1) is 6.89. The Morgan fingerprint density at radius 2 is 1.93 bits per heavy atom. The molecule has 9 nitrogen and oxygen atoms in total. The first kappa shape index (κ1) is 13.4. The molecule has 15 heavy (non-hydrogen) atoms. The molecule has 0 amide bonds. The van der Waals surface area contributed by atoms with Crippen LogP contribution in [0.3, 0.4) is 0 Å². The van der Waals surface area contributed by atoms with Gasteiger partial charge in [-0.05, 0) is 6.42 Å². The fourth-order valence-electron chi connectivity index (χ4n) is 0.889. The van der Waals surface area contributed by atoms with Crippen LogP contribution in [0.1, 0.15) is 26.2 Å². The summed E-state index contributed by atoms with van der Waals surface area (Å²) in [5.74, 6) is -2.26. The van der Waals surface area contributed by atoms with E-state index in [1.54, 1.807) is 6.92 Å². The summed E-state index contributed by atoms with van der Waals surface area (Å²) < 4.78 is 0. The molecule has 0 rings (SSSR count). The lowest BCUT2D eigenvalue weighted by Crippen LogP contribution is -2.40. The van der Waals surface area contributed by atoms with Gasteiger partial charge in [0.15, 0.2) is 6.61 Å². The van der Waals surface area contributed by atoms with Gasteiger partial charge in [0.25, 0.3) is 10.2 Å². The highest BCUT2D eigenvalue weighted by Crippen LogP contribution is 2.16. The molecule has 0 aliphatic carbocycles. The van der Waals surface area contributed by atoms with Gasteiger partial charge in [-0.3, -0.25) is 4.84 Å². The minimum atomic E-state index is -2.26. The third-order valence-electron chi connectivity index (χ3n) is 1.56. The monoisotopic (exact) mass is 224 g/mol. The van der Waals surface area contributed by atoms with Gasteiger partial charge in [0.05, 0.1) is 0 Å². The molecular formula is C6H12N2O7. The molecule has 0 aromatic rings. The molecule has 9 heteroatoms. The molecule has 1 N–H and O–H groups in total. The zero-order valence-electron chi connectivity index (χ0n) is 8.12. The molecule has 0 radical (unpaired) electrons. The lowest BCUT2D eigenvalue weighted by atomic mass is 10.1. The molecule has 0 saturated carbocycles. The Morgan fingerprint density at radius 3 is 2.33 bits per heavy atom. The zero-order valence-corrected chi connectivity index (χ0v) is 8.12. The molecule has 0 aliphatic heterocycles. The van der Waals surface area contributed by atoms with E-state index >= 15 is 0 Å². The van der Waals surface area contributed by atoms with E-state index in [9.17, 15) is 25.3 Å². The zero-order chi connectivity index (χ0) is 11.9. The first-order valence-corrected chi connectivity index (χ1v) is 4.23. The maximum atomic E-state index is 10.0. The molecule has 1 atom stereocenters. The minimum absolute atomic E-state index is 0.113. The van der Waals surface area contributed by atoms with E-state index in [0.717, 1.165) is 0 Å². The summed E-state index contributed by atoms with van der Waals surface area (Å²) in [6, 6.07) is 0. The first-order valence-electron chi connectivity index (χ1n) is 4.23. The van der Waals surface area contributed by atoms with Gasteiger partial charge in [-0.2, -0.15) is 0 Å². The number of aliphatic hydroxyl groups is 1. The molecule has 88 valence electrons. The van der Waals surface area contributed by atoms with Crippen molar-refractivity contribution < 1.29 is 25.0 Å². The Morgan fingerprint density at radius 1 is 1.33 bits per heavy atom. The standard InChI is InChI=1S/C6H12N2O7/c1-2-3-4-6(9,15-8(12)13)5-14-7(10)11/h9H,2-5H2,1H3/t6-/m0/s1. The van der Waals surface area contributed by atoms with Crippen LogP contribution < -0.4 is 0 Å². The van der Waals surface area contributed by atoms with Crippen LogP contribution >= 0.6 is 0 Å². The van der Waals surface area contributed by atoms with Crippen molar-refractivity contribution in [3.63, 3.8) is 0 Å². The van der Waals surface area contributed by atoms with E-state index in [1.807, 2.05) is 0 Å². The summed E-state index contributed by atoms with van der Waals surface area (Å²) >= 11 is 0. The topological polar surface area (TPSA) is 125 Å². The average Bonchev–Trinajstić information content (AvgIpc) is 2.11. The molecule has 0 saturated heterocycles. The Balaban J connectivity index is 4.25. The number of nitrogens with zero attached hydrogens (tertiary/aromatic N) is 2. The number of hydrogen-bond donors (Lipinski definition) is 1. The van der Waals surface area contributed by atoms with Crippen molar-refractivity contribution in [1.82, 2.24) is 0 Å². The smallest absolute Gasteiger partial charge is 0.297 e. The predicted molar refractivity (Wildman–Crippen MR) is 45.5 cm³/mol. The molecule has 0 fully saturated rings. The quantitative estimate of drug-likeness (QED) is 0.356. The molecule has 0 aromatic heterocycles. The van der Waals surface area contributed by atoms with Gasteiger partial charge in [-0.1, -0.05) is 13.3 Å². The minimum Gasteiger partial charge on any atom is -0.365 e. The average molecular weight is 224 g/mol. The maximum absolute atomic E-state index is 10.0. The maximum Gasteiger partial charge on any atom is 0.297 e. The number of unbranched alkanes of at least 4 members (excludes halogenated alkanes) is 1. The van der Waals surface area contributed by atoms with Crippen molar-refractivity contribution in [2.45, 2.75) is 32.0 Å². The van der Waals surface area contributed by atoms with Crippen molar-refractivity contribution in [2.75, 3.05) is 6.61 Å². The largest absolute Gasteiger partial charge is 0.365 e. The number of rotatable bonds is 8. The Labute approximate surface area is 84.8 Å². The van der Waals surface area contributed by atoms with Crippen molar-refractivity contribution in [3.05, 3.63) is 20.2 Å². The summed E-state index contributed by atoms with van der Waals surface area (Å²) in [6.07, 6.45) is 0.964. The van der Waals surface area contributed by atoms with E-state index in [2.05, 4.69) is 9.68 Å². The van der Waals surface area contributed by atoms with Gasteiger partial charge in [-0.25, -0.2) is 0 Å². The van der Waals surface area contributed by atoms with Gasteiger partial charge in [-0.15, -0.1) is 20.2 Å². The van der Waals surface area contributed by atoms with Gasteiger partial charge < -0.3 is 9.94 Å². The second-order valence-electron chi connectivity index (χ2n) is 2.86. The highest BCUT2D eigenvalue weighted by Gasteiger charge is 2.32. The Hall–Kier alpha value is -1.64. The van der Waals surface area contributed by atoms with Crippen LogP contribution in [0.15, 0.2) is 0 Å². The third kappa shape index (κ3) is 6.43. The molecule has 0 unspecified atom stereocenters. The molecule has 0 bridgehead atoms. The van der Waals surface area contributed by atoms with Crippen LogP contribution in [0, 0.1) is 20.2 Å². The van der Waals surface area contributed by atoms with E-state index in [1.165, 1.54) is 0 Å². The van der Waals surface area contributed by atoms with Crippen LogP contribution in [0.25, 0.3) is 0 Å². The van der Waals surface area contributed by atoms with Crippen molar-refractivity contribution >= 4 is 0 Å². The van der Waals surface area contributed by atoms with E-state index < -0.39 is 22.6 Å². The predicted octanol–water partition coefficient (Wildman–Crippen LogP) is 0.282. The number of hydrogen-bond acceptors (Lipinski definition) is 7. The lowest BCUT2D eigenvalue weighted by Gasteiger charge is -2.23. The summed E-state index contributed by atoms with van der Waals surface area (Å²) in [5, 5.41) is 27.0.